The van der Waals surface area contributed by atoms with Crippen molar-refractivity contribution in [2.24, 2.45) is 11.6 Å². The molecule has 0 saturated heterocycles. The molecular formula is C13H16N4O3. The number of nitrogens with zero attached hydrogens (tertiary/aromatic N) is 2. The number of hydrazine groups is 1. The van der Waals surface area contributed by atoms with Crippen LogP contribution in [0.2, 0.25) is 0 Å². The van der Waals surface area contributed by atoms with E-state index in [1.807, 2.05) is 0 Å². The Hall–Kier alpha value is -2.54. The number of carbonyl (C=O) groups excluding carboxylic acids is 2. The van der Waals surface area contributed by atoms with Gasteiger partial charge < -0.3 is 10.5 Å². The number of carbonyl (C=O) groups is 2. The lowest BCUT2D eigenvalue weighted by Crippen LogP contribution is -2.49. The van der Waals surface area contributed by atoms with Crippen molar-refractivity contribution in [3.05, 3.63) is 35.5 Å². The van der Waals surface area contributed by atoms with Gasteiger partial charge in [0.1, 0.15) is 11.4 Å². The predicted octanol–water partition coefficient (Wildman–Crippen LogP) is 0.623. The number of para-hydroxylation sites is 1. The Bertz CT molecular complexity index is 597. The van der Waals surface area contributed by atoms with Gasteiger partial charge in [0.05, 0.1) is 12.3 Å². The van der Waals surface area contributed by atoms with E-state index in [4.69, 9.17) is 16.3 Å². The number of rotatable bonds is 2. The van der Waals surface area contributed by atoms with E-state index in [0.29, 0.717) is 11.3 Å². The summed E-state index contributed by atoms with van der Waals surface area (Å²) in [5.41, 5.74) is 6.99. The van der Waals surface area contributed by atoms with Gasteiger partial charge in [-0.05, 0) is 13.0 Å². The van der Waals surface area contributed by atoms with Gasteiger partial charge in [-0.1, -0.05) is 18.2 Å². The van der Waals surface area contributed by atoms with Crippen LogP contribution in [0.1, 0.15) is 12.5 Å². The second-order valence-corrected chi connectivity index (χ2v) is 4.21. The van der Waals surface area contributed by atoms with Gasteiger partial charge in [-0.15, -0.1) is 0 Å². The van der Waals surface area contributed by atoms with Gasteiger partial charge in [-0.25, -0.2) is 20.4 Å². The molecular weight excluding hydrogens is 260 g/mol. The second-order valence-electron chi connectivity index (χ2n) is 4.21. The van der Waals surface area contributed by atoms with Crippen LogP contribution in [0.4, 0.5) is 10.5 Å². The molecule has 1 aliphatic rings. The summed E-state index contributed by atoms with van der Waals surface area (Å²) in [4.78, 5) is 25.2. The summed E-state index contributed by atoms with van der Waals surface area (Å²) in [5, 5.41) is 0.856. The third kappa shape index (κ3) is 2.08. The van der Waals surface area contributed by atoms with Crippen LogP contribution in [0, 0.1) is 0 Å². The van der Waals surface area contributed by atoms with Crippen LogP contribution in [0.25, 0.3) is 5.70 Å². The molecule has 0 aromatic heterocycles. The number of urea groups is 1. The fourth-order valence-corrected chi connectivity index (χ4v) is 2.04. The number of hydrogen-bond acceptors (Lipinski definition) is 5. The lowest BCUT2D eigenvalue weighted by Gasteiger charge is -2.34. The highest BCUT2D eigenvalue weighted by Crippen LogP contribution is 2.34. The van der Waals surface area contributed by atoms with Crippen molar-refractivity contribution < 1.29 is 14.3 Å². The minimum Gasteiger partial charge on any atom is -0.461 e. The second kappa shape index (κ2) is 5.22. The van der Waals surface area contributed by atoms with E-state index >= 15 is 0 Å². The standard InChI is InChI=1S/C13H16N4O3/c1-3-20-12(18)10(14)11-8-6-4-5-7-9(8)16(2)13(19)17(11)15/h4-7H,3,14-15H2,1-2H3/b11-10-. The van der Waals surface area contributed by atoms with Crippen molar-refractivity contribution in [2.75, 3.05) is 18.6 Å². The first-order chi connectivity index (χ1) is 9.49. The molecule has 0 unspecified atom stereocenters. The summed E-state index contributed by atoms with van der Waals surface area (Å²) < 4.78 is 4.85. The molecule has 0 fully saturated rings. The monoisotopic (exact) mass is 276 g/mol. The number of ether oxygens (including phenoxy) is 1. The van der Waals surface area contributed by atoms with E-state index in [9.17, 15) is 9.59 Å². The van der Waals surface area contributed by atoms with Crippen LogP contribution in [-0.4, -0.2) is 30.7 Å². The zero-order valence-electron chi connectivity index (χ0n) is 11.3. The molecule has 4 N–H and O–H groups in total. The van der Waals surface area contributed by atoms with Gasteiger partial charge >= 0.3 is 12.0 Å². The zero-order valence-corrected chi connectivity index (χ0v) is 11.3. The summed E-state index contributed by atoms with van der Waals surface area (Å²) in [6, 6.07) is 6.56. The molecule has 0 bridgehead atoms. The highest BCUT2D eigenvalue weighted by molar-refractivity contribution is 6.08. The molecule has 0 atom stereocenters. The molecule has 1 aromatic rings. The minimum absolute atomic E-state index is 0.155. The predicted molar refractivity (Wildman–Crippen MR) is 74.0 cm³/mol. The highest BCUT2D eigenvalue weighted by Gasteiger charge is 2.33. The molecule has 106 valence electrons. The minimum atomic E-state index is -0.704. The average molecular weight is 276 g/mol. The van der Waals surface area contributed by atoms with Gasteiger partial charge in [0.2, 0.25) is 0 Å². The molecule has 1 aliphatic heterocycles. The summed E-state index contributed by atoms with van der Waals surface area (Å²) >= 11 is 0. The maximum atomic E-state index is 12.1. The summed E-state index contributed by atoms with van der Waals surface area (Å²) in [5.74, 6) is 5.06. The first kappa shape index (κ1) is 13.9. The fraction of sp³-hybridized carbons (Fsp3) is 0.231. The number of benzene rings is 1. The van der Waals surface area contributed by atoms with Gasteiger partial charge in [0.15, 0.2) is 0 Å². The van der Waals surface area contributed by atoms with E-state index in [1.165, 1.54) is 4.90 Å². The maximum absolute atomic E-state index is 12.1. The van der Waals surface area contributed by atoms with Gasteiger partial charge in [0.25, 0.3) is 0 Å². The average Bonchev–Trinajstić information content (AvgIpc) is 2.45. The Morgan fingerprint density at radius 3 is 2.65 bits per heavy atom. The quantitative estimate of drug-likeness (QED) is 0.357. The number of fused-ring (bicyclic) bond motifs is 1. The van der Waals surface area contributed by atoms with Crippen molar-refractivity contribution in [1.82, 2.24) is 5.01 Å². The number of esters is 1. The van der Waals surface area contributed by atoms with Crippen molar-refractivity contribution in [3.8, 4) is 0 Å². The Labute approximate surface area is 116 Å². The highest BCUT2D eigenvalue weighted by atomic mass is 16.5. The molecule has 1 heterocycles. The van der Waals surface area contributed by atoms with Crippen LogP contribution in [0.3, 0.4) is 0 Å². The number of amides is 2. The lowest BCUT2D eigenvalue weighted by atomic mass is 10.0. The van der Waals surface area contributed by atoms with E-state index in [2.05, 4.69) is 0 Å². The maximum Gasteiger partial charge on any atom is 0.356 e. The first-order valence-corrected chi connectivity index (χ1v) is 6.07. The largest absolute Gasteiger partial charge is 0.461 e. The Balaban J connectivity index is 2.63. The Morgan fingerprint density at radius 2 is 2.00 bits per heavy atom. The van der Waals surface area contributed by atoms with E-state index in [1.54, 1.807) is 38.2 Å². The van der Waals surface area contributed by atoms with E-state index in [-0.39, 0.29) is 18.0 Å². The molecule has 0 spiro atoms. The summed E-state index contributed by atoms with van der Waals surface area (Å²) in [6.45, 7) is 1.86. The van der Waals surface area contributed by atoms with Crippen molar-refractivity contribution >= 4 is 23.4 Å². The van der Waals surface area contributed by atoms with Gasteiger partial charge in [-0.2, -0.15) is 0 Å². The van der Waals surface area contributed by atoms with Gasteiger partial charge in [-0.3, -0.25) is 4.90 Å². The number of hydrogen-bond donors (Lipinski definition) is 2. The van der Waals surface area contributed by atoms with Crippen LogP contribution in [0.5, 0.6) is 0 Å². The van der Waals surface area contributed by atoms with Crippen molar-refractivity contribution in [2.45, 2.75) is 6.92 Å². The van der Waals surface area contributed by atoms with Crippen LogP contribution >= 0.6 is 0 Å². The Morgan fingerprint density at radius 1 is 1.35 bits per heavy atom. The zero-order chi connectivity index (χ0) is 14.9. The molecule has 2 amide bonds. The number of anilines is 1. The first-order valence-electron chi connectivity index (χ1n) is 6.07. The van der Waals surface area contributed by atoms with Crippen LogP contribution < -0.4 is 16.5 Å². The van der Waals surface area contributed by atoms with Crippen molar-refractivity contribution in [3.63, 3.8) is 0 Å². The summed E-state index contributed by atoms with van der Waals surface area (Å²) in [6.07, 6.45) is 0. The lowest BCUT2D eigenvalue weighted by molar-refractivity contribution is -0.138. The summed E-state index contributed by atoms with van der Waals surface area (Å²) in [7, 11) is 1.60. The van der Waals surface area contributed by atoms with Crippen molar-refractivity contribution in [1.29, 1.82) is 0 Å². The molecule has 0 saturated carbocycles. The Kier molecular flexibility index (Phi) is 3.62. The third-order valence-corrected chi connectivity index (χ3v) is 3.00. The number of nitrogens with two attached hydrogens (primary N) is 2. The van der Waals surface area contributed by atoms with Gasteiger partial charge in [0, 0.05) is 12.6 Å². The molecule has 7 heteroatoms. The SMILES string of the molecule is CCOC(=O)/C(N)=C1\c2ccccc2N(C)C(=O)N1N. The van der Waals surface area contributed by atoms with E-state index < -0.39 is 12.0 Å². The fourth-order valence-electron chi connectivity index (χ4n) is 2.04. The normalized spacial score (nSPS) is 16.9. The molecule has 7 nitrogen and oxygen atoms in total. The van der Waals surface area contributed by atoms with Crippen LogP contribution in [0.15, 0.2) is 30.0 Å². The third-order valence-electron chi connectivity index (χ3n) is 3.00. The molecule has 20 heavy (non-hydrogen) atoms. The van der Waals surface area contributed by atoms with Crippen LogP contribution in [-0.2, 0) is 9.53 Å². The topological polar surface area (TPSA) is 102 Å². The molecule has 0 radical (unpaired) electrons. The smallest absolute Gasteiger partial charge is 0.356 e. The molecule has 0 aliphatic carbocycles. The van der Waals surface area contributed by atoms with E-state index in [0.717, 1.165) is 5.01 Å². The molecule has 2 rings (SSSR count). The molecule has 1 aromatic carbocycles.